The molecule has 1 atom stereocenters. The van der Waals surface area contributed by atoms with Gasteiger partial charge in [0.25, 0.3) is 5.91 Å². The Bertz CT molecular complexity index is 991. The zero-order valence-electron chi connectivity index (χ0n) is 14.4. The standard InChI is InChI=1S/C18H15F2N5O3/c19-10-2-4-11(5-3-10)25-15(17(22)27)8-14(24-25)18(28)23-13-6-1-9(16(21)26)7-12(13)20/h1-7,15H,8H2,(H2,21,26)(H2,22,27)(H,23,28). The van der Waals surface area contributed by atoms with Crippen LogP contribution < -0.4 is 21.8 Å². The highest BCUT2D eigenvalue weighted by Crippen LogP contribution is 2.25. The fraction of sp³-hybridized carbons (Fsp3) is 0.111. The van der Waals surface area contributed by atoms with Gasteiger partial charge in [-0.1, -0.05) is 0 Å². The number of amides is 3. The summed E-state index contributed by atoms with van der Waals surface area (Å²) in [7, 11) is 0. The number of carbonyl (C=O) groups excluding carboxylic acids is 3. The van der Waals surface area contributed by atoms with Crippen molar-refractivity contribution >= 4 is 34.8 Å². The topological polar surface area (TPSA) is 131 Å². The predicted octanol–water partition coefficient (Wildman–Crippen LogP) is 1.12. The highest BCUT2D eigenvalue weighted by molar-refractivity contribution is 6.44. The van der Waals surface area contributed by atoms with Gasteiger partial charge in [0, 0.05) is 12.0 Å². The number of nitrogens with one attached hydrogen (secondary N) is 1. The molecule has 0 saturated carbocycles. The van der Waals surface area contributed by atoms with Crippen LogP contribution >= 0.6 is 0 Å². The summed E-state index contributed by atoms with van der Waals surface area (Å²) in [5.74, 6) is -3.62. The normalized spacial score (nSPS) is 15.9. The number of nitrogens with zero attached hydrogens (tertiary/aromatic N) is 2. The van der Waals surface area contributed by atoms with Crippen molar-refractivity contribution < 1.29 is 23.2 Å². The van der Waals surface area contributed by atoms with Crippen LogP contribution in [0.15, 0.2) is 47.6 Å². The van der Waals surface area contributed by atoms with Gasteiger partial charge in [0.2, 0.25) is 11.8 Å². The molecule has 1 aliphatic rings. The maximum Gasteiger partial charge on any atom is 0.272 e. The molecule has 0 spiro atoms. The average molecular weight is 387 g/mol. The van der Waals surface area contributed by atoms with Gasteiger partial charge in [0.15, 0.2) is 0 Å². The molecule has 144 valence electrons. The molecule has 10 heteroatoms. The van der Waals surface area contributed by atoms with E-state index in [1.807, 2.05) is 0 Å². The van der Waals surface area contributed by atoms with E-state index in [0.29, 0.717) is 5.69 Å². The van der Waals surface area contributed by atoms with E-state index in [2.05, 4.69) is 10.4 Å². The number of carbonyl (C=O) groups is 3. The summed E-state index contributed by atoms with van der Waals surface area (Å²) in [6.07, 6.45) is -0.112. The first-order chi connectivity index (χ1) is 13.3. The van der Waals surface area contributed by atoms with E-state index in [1.54, 1.807) is 0 Å². The molecule has 0 bridgehead atoms. The summed E-state index contributed by atoms with van der Waals surface area (Å²) in [4.78, 5) is 35.2. The molecule has 8 nitrogen and oxygen atoms in total. The third-order valence-corrected chi connectivity index (χ3v) is 4.09. The molecule has 3 rings (SSSR count). The molecule has 1 heterocycles. The number of hydrogen-bond donors (Lipinski definition) is 3. The minimum Gasteiger partial charge on any atom is -0.368 e. The van der Waals surface area contributed by atoms with Crippen LogP contribution in [0, 0.1) is 11.6 Å². The summed E-state index contributed by atoms with van der Waals surface area (Å²) < 4.78 is 27.2. The number of halogens is 2. The second-order valence-corrected chi connectivity index (χ2v) is 6.00. The van der Waals surface area contributed by atoms with Gasteiger partial charge in [-0.25, -0.2) is 8.78 Å². The first-order valence-corrected chi connectivity index (χ1v) is 8.08. The molecule has 5 N–H and O–H groups in total. The molecule has 0 saturated heterocycles. The van der Waals surface area contributed by atoms with Gasteiger partial charge < -0.3 is 16.8 Å². The summed E-state index contributed by atoms with van der Waals surface area (Å²) >= 11 is 0. The molecule has 0 aliphatic carbocycles. The van der Waals surface area contributed by atoms with E-state index in [9.17, 15) is 23.2 Å². The molecule has 2 aromatic rings. The van der Waals surface area contributed by atoms with Crippen molar-refractivity contribution in [2.24, 2.45) is 16.6 Å². The molecule has 28 heavy (non-hydrogen) atoms. The Labute approximate surface area is 157 Å². The van der Waals surface area contributed by atoms with Crippen LogP contribution in [0.3, 0.4) is 0 Å². The van der Waals surface area contributed by atoms with Gasteiger partial charge in [-0.05, 0) is 42.5 Å². The molecule has 1 aliphatic heterocycles. The Morgan fingerprint density at radius 3 is 2.32 bits per heavy atom. The van der Waals surface area contributed by atoms with Crippen molar-refractivity contribution in [1.82, 2.24) is 0 Å². The van der Waals surface area contributed by atoms with Crippen LogP contribution in [-0.2, 0) is 9.59 Å². The quantitative estimate of drug-likeness (QED) is 0.709. The lowest BCUT2D eigenvalue weighted by molar-refractivity contribution is -0.119. The van der Waals surface area contributed by atoms with Crippen molar-refractivity contribution in [3.05, 3.63) is 59.7 Å². The average Bonchev–Trinajstić information content (AvgIpc) is 3.09. The number of rotatable bonds is 5. The van der Waals surface area contributed by atoms with Gasteiger partial charge >= 0.3 is 0 Å². The van der Waals surface area contributed by atoms with Crippen LogP contribution in [0.25, 0.3) is 0 Å². The van der Waals surface area contributed by atoms with Crippen LogP contribution in [0.4, 0.5) is 20.2 Å². The van der Waals surface area contributed by atoms with Gasteiger partial charge in [-0.3, -0.25) is 19.4 Å². The molecule has 0 radical (unpaired) electrons. The smallest absolute Gasteiger partial charge is 0.272 e. The van der Waals surface area contributed by atoms with Crippen molar-refractivity contribution in [3.8, 4) is 0 Å². The number of hydrogen-bond acceptors (Lipinski definition) is 5. The van der Waals surface area contributed by atoms with E-state index >= 15 is 0 Å². The van der Waals surface area contributed by atoms with Gasteiger partial charge in [0.1, 0.15) is 23.4 Å². The monoisotopic (exact) mass is 387 g/mol. The van der Waals surface area contributed by atoms with E-state index in [1.165, 1.54) is 41.4 Å². The predicted molar refractivity (Wildman–Crippen MR) is 97.5 cm³/mol. The molecular weight excluding hydrogens is 372 g/mol. The molecule has 3 amide bonds. The van der Waals surface area contributed by atoms with Crippen LogP contribution in [0.5, 0.6) is 0 Å². The zero-order chi connectivity index (χ0) is 20.4. The van der Waals surface area contributed by atoms with Gasteiger partial charge in [0.05, 0.1) is 11.4 Å². The molecular formula is C18H15F2N5O3. The number of nitrogens with two attached hydrogens (primary N) is 2. The van der Waals surface area contributed by atoms with E-state index in [0.717, 1.165) is 6.07 Å². The first kappa shape index (κ1) is 19.0. The number of anilines is 2. The maximum atomic E-state index is 14.1. The molecule has 1 unspecified atom stereocenters. The van der Waals surface area contributed by atoms with Crippen molar-refractivity contribution in [3.63, 3.8) is 0 Å². The van der Waals surface area contributed by atoms with E-state index in [-0.39, 0.29) is 23.4 Å². The number of hydrazone groups is 1. The number of benzene rings is 2. The van der Waals surface area contributed by atoms with Crippen molar-refractivity contribution in [1.29, 1.82) is 0 Å². The lowest BCUT2D eigenvalue weighted by atomic mass is 10.1. The Hall–Kier alpha value is -3.82. The first-order valence-electron chi connectivity index (χ1n) is 8.08. The minimum atomic E-state index is -0.951. The highest BCUT2D eigenvalue weighted by atomic mass is 19.1. The van der Waals surface area contributed by atoms with Gasteiger partial charge in [-0.2, -0.15) is 5.10 Å². The number of primary amides is 2. The molecule has 2 aromatic carbocycles. The zero-order valence-corrected chi connectivity index (χ0v) is 14.4. The summed E-state index contributed by atoms with van der Waals surface area (Å²) in [5.41, 5.74) is 10.5. The van der Waals surface area contributed by atoms with Gasteiger partial charge in [-0.15, -0.1) is 0 Å². The van der Waals surface area contributed by atoms with Crippen LogP contribution in [-0.4, -0.2) is 29.5 Å². The maximum absolute atomic E-state index is 14.1. The largest absolute Gasteiger partial charge is 0.368 e. The second kappa shape index (κ2) is 7.43. The summed E-state index contributed by atoms with van der Waals surface area (Å²) in [6.45, 7) is 0. The fourth-order valence-electron chi connectivity index (χ4n) is 2.67. The third-order valence-electron chi connectivity index (χ3n) is 4.09. The highest BCUT2D eigenvalue weighted by Gasteiger charge is 2.35. The second-order valence-electron chi connectivity index (χ2n) is 6.00. The van der Waals surface area contributed by atoms with Crippen LogP contribution in [0.2, 0.25) is 0 Å². The fourth-order valence-corrected chi connectivity index (χ4v) is 2.67. The van der Waals surface area contributed by atoms with Crippen molar-refractivity contribution in [2.45, 2.75) is 12.5 Å². The SMILES string of the molecule is NC(=O)c1ccc(NC(=O)C2=NN(c3ccc(F)cc3)C(C(N)=O)C2)c(F)c1. The Morgan fingerprint density at radius 1 is 1.07 bits per heavy atom. The Morgan fingerprint density at radius 2 is 1.75 bits per heavy atom. The van der Waals surface area contributed by atoms with Crippen molar-refractivity contribution in [2.75, 3.05) is 10.3 Å². The minimum absolute atomic E-state index is 0.0509. The van der Waals surface area contributed by atoms with E-state index in [4.69, 9.17) is 11.5 Å². The van der Waals surface area contributed by atoms with E-state index < -0.39 is 35.4 Å². The Kier molecular flexibility index (Phi) is 5.03. The summed E-state index contributed by atoms with van der Waals surface area (Å²) in [5, 5.41) is 7.62. The lowest BCUT2D eigenvalue weighted by Crippen LogP contribution is -2.39. The lowest BCUT2D eigenvalue weighted by Gasteiger charge is -2.20. The molecule has 0 aromatic heterocycles. The Balaban J connectivity index is 1.83. The van der Waals surface area contributed by atoms with Crippen LogP contribution in [0.1, 0.15) is 16.8 Å². The molecule has 0 fully saturated rings. The third kappa shape index (κ3) is 3.80. The summed E-state index contributed by atoms with van der Waals surface area (Å²) in [6, 6.07) is 7.52.